The summed E-state index contributed by atoms with van der Waals surface area (Å²) in [5.41, 5.74) is 1.49. The molecule has 82 valence electrons. The van der Waals surface area contributed by atoms with Crippen LogP contribution in [0.5, 0.6) is 0 Å². The number of hydrogen-bond acceptors (Lipinski definition) is 3. The van der Waals surface area contributed by atoms with Gasteiger partial charge in [-0.05, 0) is 13.3 Å². The fourth-order valence-electron chi connectivity index (χ4n) is 1.72. The SMILES string of the molecule is CCCCN(C)c1c(C#N)c(C)nn1C. The minimum Gasteiger partial charge on any atom is -0.359 e. The standard InChI is InChI=1S/C11H18N4/c1-5-6-7-14(3)11-10(8-12)9(2)13-15(11)4/h5-7H2,1-4H3. The number of rotatable bonds is 4. The van der Waals surface area contributed by atoms with E-state index in [1.165, 1.54) is 0 Å². The first-order valence-corrected chi connectivity index (χ1v) is 5.26. The van der Waals surface area contributed by atoms with E-state index in [9.17, 15) is 0 Å². The summed E-state index contributed by atoms with van der Waals surface area (Å²) in [6, 6.07) is 2.22. The highest BCUT2D eigenvalue weighted by molar-refractivity contribution is 5.56. The normalized spacial score (nSPS) is 10.1. The lowest BCUT2D eigenvalue weighted by Crippen LogP contribution is -2.22. The van der Waals surface area contributed by atoms with Gasteiger partial charge < -0.3 is 4.90 Å². The maximum Gasteiger partial charge on any atom is 0.144 e. The molecule has 1 aromatic heterocycles. The molecule has 0 radical (unpaired) electrons. The van der Waals surface area contributed by atoms with E-state index in [1.54, 1.807) is 4.68 Å². The number of aromatic nitrogens is 2. The van der Waals surface area contributed by atoms with Crippen molar-refractivity contribution < 1.29 is 0 Å². The van der Waals surface area contributed by atoms with Gasteiger partial charge in [0.05, 0.1) is 5.69 Å². The highest BCUT2D eigenvalue weighted by Crippen LogP contribution is 2.21. The van der Waals surface area contributed by atoms with Crippen LogP contribution >= 0.6 is 0 Å². The molecule has 0 fully saturated rings. The quantitative estimate of drug-likeness (QED) is 0.755. The molecule has 0 aliphatic rings. The second kappa shape index (κ2) is 4.83. The third kappa shape index (κ3) is 2.30. The van der Waals surface area contributed by atoms with Crippen LogP contribution in [0, 0.1) is 18.3 Å². The summed E-state index contributed by atoms with van der Waals surface area (Å²) in [5, 5.41) is 13.3. The Kier molecular flexibility index (Phi) is 3.73. The van der Waals surface area contributed by atoms with Crippen molar-refractivity contribution in [3.63, 3.8) is 0 Å². The van der Waals surface area contributed by atoms with E-state index < -0.39 is 0 Å². The summed E-state index contributed by atoms with van der Waals surface area (Å²) < 4.78 is 1.78. The molecule has 4 heteroatoms. The van der Waals surface area contributed by atoms with Crippen LogP contribution in [0.25, 0.3) is 0 Å². The average molecular weight is 206 g/mol. The van der Waals surface area contributed by atoms with Gasteiger partial charge in [0.15, 0.2) is 0 Å². The highest BCUT2D eigenvalue weighted by atomic mass is 15.4. The van der Waals surface area contributed by atoms with Crippen molar-refractivity contribution in [2.24, 2.45) is 7.05 Å². The monoisotopic (exact) mass is 206 g/mol. The Bertz CT molecular complexity index is 373. The molecule has 0 N–H and O–H groups in total. The van der Waals surface area contributed by atoms with Crippen molar-refractivity contribution in [2.45, 2.75) is 26.7 Å². The summed E-state index contributed by atoms with van der Waals surface area (Å²) in [5.74, 6) is 0.920. The van der Waals surface area contributed by atoms with Crippen molar-refractivity contribution in [3.8, 4) is 6.07 Å². The van der Waals surface area contributed by atoms with Crippen molar-refractivity contribution in [3.05, 3.63) is 11.3 Å². The Morgan fingerprint density at radius 3 is 2.73 bits per heavy atom. The van der Waals surface area contributed by atoms with Gasteiger partial charge in [0.1, 0.15) is 17.5 Å². The number of nitrogens with zero attached hydrogens (tertiary/aromatic N) is 4. The number of nitriles is 1. The third-order valence-corrected chi connectivity index (χ3v) is 2.51. The van der Waals surface area contributed by atoms with E-state index in [0.29, 0.717) is 5.56 Å². The van der Waals surface area contributed by atoms with Gasteiger partial charge in [-0.1, -0.05) is 13.3 Å². The predicted octanol–water partition coefficient (Wildman–Crippen LogP) is 1.84. The predicted molar refractivity (Wildman–Crippen MR) is 60.8 cm³/mol. The molecule has 1 heterocycles. The Hall–Kier alpha value is -1.50. The van der Waals surface area contributed by atoms with Crippen LogP contribution in [0.4, 0.5) is 5.82 Å². The Morgan fingerprint density at radius 2 is 2.20 bits per heavy atom. The second-order valence-corrected chi connectivity index (χ2v) is 3.79. The van der Waals surface area contributed by atoms with Crippen molar-refractivity contribution in [1.29, 1.82) is 5.26 Å². The highest BCUT2D eigenvalue weighted by Gasteiger charge is 2.15. The first-order valence-electron chi connectivity index (χ1n) is 5.26. The molecule has 0 aliphatic heterocycles. The van der Waals surface area contributed by atoms with Crippen LogP contribution in [-0.4, -0.2) is 23.4 Å². The zero-order valence-corrected chi connectivity index (χ0v) is 9.91. The lowest BCUT2D eigenvalue weighted by molar-refractivity contribution is 0.702. The molecule has 4 nitrogen and oxygen atoms in total. The molecule has 15 heavy (non-hydrogen) atoms. The summed E-state index contributed by atoms with van der Waals surface area (Å²) in [4.78, 5) is 2.10. The Morgan fingerprint density at radius 1 is 1.53 bits per heavy atom. The lowest BCUT2D eigenvalue weighted by atomic mass is 10.2. The first kappa shape index (κ1) is 11.6. The molecule has 0 atom stereocenters. The molecule has 0 unspecified atom stereocenters. The maximum atomic E-state index is 9.06. The molecular formula is C11H18N4. The van der Waals surface area contributed by atoms with E-state index in [0.717, 1.165) is 30.9 Å². The minimum absolute atomic E-state index is 0.691. The summed E-state index contributed by atoms with van der Waals surface area (Å²) in [7, 11) is 3.89. The van der Waals surface area contributed by atoms with Crippen molar-refractivity contribution >= 4 is 5.82 Å². The van der Waals surface area contributed by atoms with E-state index in [2.05, 4.69) is 23.0 Å². The van der Waals surface area contributed by atoms with Crippen LogP contribution in [0.15, 0.2) is 0 Å². The van der Waals surface area contributed by atoms with Crippen LogP contribution in [0.3, 0.4) is 0 Å². The molecule has 1 rings (SSSR count). The summed E-state index contributed by atoms with van der Waals surface area (Å²) >= 11 is 0. The van der Waals surface area contributed by atoms with Crippen LogP contribution in [0.1, 0.15) is 31.0 Å². The van der Waals surface area contributed by atoms with E-state index in [4.69, 9.17) is 5.26 Å². The van der Waals surface area contributed by atoms with Crippen molar-refractivity contribution in [2.75, 3.05) is 18.5 Å². The maximum absolute atomic E-state index is 9.06. The average Bonchev–Trinajstić information content (AvgIpc) is 2.49. The number of hydrogen-bond donors (Lipinski definition) is 0. The van der Waals surface area contributed by atoms with Gasteiger partial charge in [0.25, 0.3) is 0 Å². The van der Waals surface area contributed by atoms with Gasteiger partial charge >= 0.3 is 0 Å². The number of anilines is 1. The van der Waals surface area contributed by atoms with Gasteiger partial charge in [0, 0.05) is 20.6 Å². The molecule has 0 saturated carbocycles. The Balaban J connectivity index is 2.97. The van der Waals surface area contributed by atoms with Gasteiger partial charge in [-0.15, -0.1) is 0 Å². The van der Waals surface area contributed by atoms with Crippen molar-refractivity contribution in [1.82, 2.24) is 9.78 Å². The Labute approximate surface area is 91.1 Å². The van der Waals surface area contributed by atoms with Crippen LogP contribution in [0.2, 0.25) is 0 Å². The molecule has 0 saturated heterocycles. The molecule has 0 spiro atoms. The van der Waals surface area contributed by atoms with Gasteiger partial charge in [0.2, 0.25) is 0 Å². The van der Waals surface area contributed by atoms with Crippen LogP contribution < -0.4 is 4.90 Å². The van der Waals surface area contributed by atoms with Gasteiger partial charge in [-0.3, -0.25) is 4.68 Å². The number of unbranched alkanes of at least 4 members (excludes halogenated alkanes) is 1. The number of aryl methyl sites for hydroxylation is 2. The molecule has 0 bridgehead atoms. The topological polar surface area (TPSA) is 44.9 Å². The summed E-state index contributed by atoms with van der Waals surface area (Å²) in [6.07, 6.45) is 2.29. The fourth-order valence-corrected chi connectivity index (χ4v) is 1.72. The molecule has 0 amide bonds. The molecule has 0 aliphatic carbocycles. The van der Waals surface area contributed by atoms with Crippen LogP contribution in [-0.2, 0) is 7.05 Å². The second-order valence-electron chi connectivity index (χ2n) is 3.79. The molecule has 0 aromatic carbocycles. The van der Waals surface area contributed by atoms with E-state index >= 15 is 0 Å². The summed E-state index contributed by atoms with van der Waals surface area (Å²) in [6.45, 7) is 4.99. The first-order chi connectivity index (χ1) is 7.11. The fraction of sp³-hybridized carbons (Fsp3) is 0.636. The van der Waals surface area contributed by atoms with E-state index in [1.807, 2.05) is 21.0 Å². The molecular weight excluding hydrogens is 188 g/mol. The molecule has 1 aromatic rings. The largest absolute Gasteiger partial charge is 0.359 e. The minimum atomic E-state index is 0.691. The lowest BCUT2D eigenvalue weighted by Gasteiger charge is -2.18. The third-order valence-electron chi connectivity index (χ3n) is 2.51. The van der Waals surface area contributed by atoms with Gasteiger partial charge in [-0.2, -0.15) is 10.4 Å². The zero-order valence-electron chi connectivity index (χ0n) is 9.91. The smallest absolute Gasteiger partial charge is 0.144 e. The zero-order chi connectivity index (χ0) is 11.4. The van der Waals surface area contributed by atoms with Gasteiger partial charge in [-0.25, -0.2) is 0 Å². The van der Waals surface area contributed by atoms with E-state index in [-0.39, 0.29) is 0 Å².